The van der Waals surface area contributed by atoms with E-state index in [-0.39, 0.29) is 5.75 Å². The van der Waals surface area contributed by atoms with Gasteiger partial charge in [-0.05, 0) is 62.4 Å². The van der Waals surface area contributed by atoms with Crippen LogP contribution in [0, 0.1) is 0 Å². The number of phenols is 1. The second kappa shape index (κ2) is 8.58. The van der Waals surface area contributed by atoms with Gasteiger partial charge >= 0.3 is 12.0 Å². The molecule has 0 fully saturated rings. The van der Waals surface area contributed by atoms with Crippen LogP contribution in [0.2, 0.25) is 0 Å². The van der Waals surface area contributed by atoms with Crippen LogP contribution in [0.15, 0.2) is 48.5 Å². The monoisotopic (exact) mass is 344 g/mol. The number of amides is 2. The molecule has 1 atom stereocenters. The van der Waals surface area contributed by atoms with Gasteiger partial charge in [0, 0.05) is 5.69 Å². The summed E-state index contributed by atoms with van der Waals surface area (Å²) in [6.45, 7) is 3.72. The summed E-state index contributed by atoms with van der Waals surface area (Å²) in [5.74, 6) is 0.246. The molecular formula is C18H20N2O5. The third kappa shape index (κ3) is 5.72. The molecule has 2 rings (SSSR count). The van der Waals surface area contributed by atoms with Crippen LogP contribution in [0.5, 0.6) is 11.5 Å². The lowest BCUT2D eigenvalue weighted by Gasteiger charge is -2.17. The number of esters is 1. The van der Waals surface area contributed by atoms with Crippen molar-refractivity contribution in [2.75, 3.05) is 11.9 Å². The van der Waals surface area contributed by atoms with Crippen LogP contribution in [0.25, 0.3) is 0 Å². The molecule has 0 saturated carbocycles. The van der Waals surface area contributed by atoms with Gasteiger partial charge in [-0.2, -0.15) is 0 Å². The fourth-order valence-electron chi connectivity index (χ4n) is 2.01. The van der Waals surface area contributed by atoms with E-state index in [9.17, 15) is 14.7 Å². The zero-order chi connectivity index (χ0) is 18.2. The number of rotatable bonds is 6. The molecule has 2 amide bonds. The molecule has 0 aromatic heterocycles. The minimum atomic E-state index is -0.580. The average molecular weight is 344 g/mol. The first-order valence-electron chi connectivity index (χ1n) is 7.78. The maximum atomic E-state index is 12.0. The Morgan fingerprint density at radius 1 is 1.08 bits per heavy atom. The minimum absolute atomic E-state index is 0.136. The topological polar surface area (TPSA) is 96.9 Å². The number of hydrogen-bond acceptors (Lipinski definition) is 5. The third-order valence-electron chi connectivity index (χ3n) is 3.14. The lowest BCUT2D eigenvalue weighted by atomic mass is 10.2. The number of urea groups is 1. The van der Waals surface area contributed by atoms with Gasteiger partial charge in [0.1, 0.15) is 11.5 Å². The molecule has 7 nitrogen and oxygen atoms in total. The van der Waals surface area contributed by atoms with Gasteiger partial charge in [0.05, 0.1) is 12.2 Å². The molecule has 0 radical (unpaired) electrons. The third-order valence-corrected chi connectivity index (χ3v) is 3.14. The number of benzene rings is 2. The number of anilines is 1. The Morgan fingerprint density at radius 3 is 2.32 bits per heavy atom. The smallest absolute Gasteiger partial charge is 0.338 e. The van der Waals surface area contributed by atoms with Crippen molar-refractivity contribution in [2.24, 2.45) is 0 Å². The zero-order valence-corrected chi connectivity index (χ0v) is 14.0. The highest BCUT2D eigenvalue weighted by Crippen LogP contribution is 2.16. The van der Waals surface area contributed by atoms with Gasteiger partial charge in [0.25, 0.3) is 0 Å². The molecule has 0 spiro atoms. The summed E-state index contributed by atoms with van der Waals surface area (Å²) in [7, 11) is 0. The lowest BCUT2D eigenvalue weighted by Crippen LogP contribution is -2.39. The Bertz CT molecular complexity index is 713. The summed E-state index contributed by atoms with van der Waals surface area (Å²) in [6.07, 6.45) is -0.580. The fourth-order valence-corrected chi connectivity index (χ4v) is 2.01. The lowest BCUT2D eigenvalue weighted by molar-refractivity contribution is 0.0526. The van der Waals surface area contributed by atoms with Gasteiger partial charge in [-0.3, -0.25) is 0 Å². The van der Waals surface area contributed by atoms with E-state index in [0.717, 1.165) is 0 Å². The Hall–Kier alpha value is -3.22. The summed E-state index contributed by atoms with van der Waals surface area (Å²) in [5, 5.41) is 14.5. The van der Waals surface area contributed by atoms with Crippen LogP contribution in [0.1, 0.15) is 24.2 Å². The quantitative estimate of drug-likeness (QED) is 0.553. The van der Waals surface area contributed by atoms with Crippen LogP contribution >= 0.6 is 0 Å². The molecule has 132 valence electrons. The first-order chi connectivity index (χ1) is 12.0. The van der Waals surface area contributed by atoms with E-state index in [1.54, 1.807) is 50.2 Å². The van der Waals surface area contributed by atoms with Crippen molar-refractivity contribution >= 4 is 17.7 Å². The van der Waals surface area contributed by atoms with Gasteiger partial charge in [-0.25, -0.2) is 9.59 Å². The Balaban J connectivity index is 1.84. The molecule has 7 heteroatoms. The van der Waals surface area contributed by atoms with E-state index >= 15 is 0 Å². The molecule has 2 aromatic carbocycles. The van der Waals surface area contributed by atoms with Crippen LogP contribution in [0.4, 0.5) is 10.5 Å². The maximum Gasteiger partial charge on any atom is 0.338 e. The van der Waals surface area contributed by atoms with Crippen molar-refractivity contribution in [3.8, 4) is 11.5 Å². The predicted molar refractivity (Wildman–Crippen MR) is 92.7 cm³/mol. The highest BCUT2D eigenvalue weighted by atomic mass is 16.5. The molecule has 0 aliphatic heterocycles. The predicted octanol–water partition coefficient (Wildman–Crippen LogP) is 3.12. The summed E-state index contributed by atoms with van der Waals surface area (Å²) in [5.41, 5.74) is 0.944. The zero-order valence-electron chi connectivity index (χ0n) is 14.0. The Kier molecular flexibility index (Phi) is 6.22. The van der Waals surface area contributed by atoms with Gasteiger partial charge in [0.15, 0.2) is 6.23 Å². The molecule has 0 aliphatic carbocycles. The van der Waals surface area contributed by atoms with E-state index in [2.05, 4.69) is 10.6 Å². The van der Waals surface area contributed by atoms with Crippen molar-refractivity contribution in [2.45, 2.75) is 20.1 Å². The number of phenolic OH excluding ortho intramolecular Hbond substituents is 1. The molecule has 1 unspecified atom stereocenters. The van der Waals surface area contributed by atoms with Crippen molar-refractivity contribution < 1.29 is 24.2 Å². The highest BCUT2D eigenvalue weighted by Gasteiger charge is 2.10. The first kappa shape index (κ1) is 18.1. The van der Waals surface area contributed by atoms with Crippen LogP contribution in [-0.2, 0) is 4.74 Å². The second-order valence-electron chi connectivity index (χ2n) is 5.15. The Morgan fingerprint density at radius 2 is 1.72 bits per heavy atom. The van der Waals surface area contributed by atoms with Crippen molar-refractivity contribution in [1.29, 1.82) is 0 Å². The average Bonchev–Trinajstić information content (AvgIpc) is 2.57. The maximum absolute atomic E-state index is 12.0. The normalized spacial score (nSPS) is 11.3. The van der Waals surface area contributed by atoms with Gasteiger partial charge in [-0.1, -0.05) is 0 Å². The number of carbonyl (C=O) groups excluding carboxylic acids is 2. The second-order valence-corrected chi connectivity index (χ2v) is 5.15. The molecular weight excluding hydrogens is 324 g/mol. The summed E-state index contributed by atoms with van der Waals surface area (Å²) in [6, 6.07) is 12.1. The van der Waals surface area contributed by atoms with Gasteiger partial charge < -0.3 is 25.2 Å². The summed E-state index contributed by atoms with van der Waals surface area (Å²) >= 11 is 0. The van der Waals surface area contributed by atoms with E-state index < -0.39 is 18.2 Å². The first-order valence-corrected chi connectivity index (χ1v) is 7.78. The standard InChI is InChI=1S/C18H20N2O5/c1-3-24-17(22)13-4-6-14(7-5-13)20-18(23)19-12(2)25-16-10-8-15(21)9-11-16/h4-12,21H,3H2,1-2H3,(H2,19,20,23). The van der Waals surface area contributed by atoms with Crippen molar-refractivity contribution in [3.05, 3.63) is 54.1 Å². The molecule has 25 heavy (non-hydrogen) atoms. The van der Waals surface area contributed by atoms with E-state index in [4.69, 9.17) is 9.47 Å². The van der Waals surface area contributed by atoms with E-state index in [1.165, 1.54) is 12.1 Å². The van der Waals surface area contributed by atoms with E-state index in [1.807, 2.05) is 0 Å². The van der Waals surface area contributed by atoms with Crippen molar-refractivity contribution in [3.63, 3.8) is 0 Å². The Labute approximate surface area is 145 Å². The summed E-state index contributed by atoms with van der Waals surface area (Å²) < 4.78 is 10.4. The van der Waals surface area contributed by atoms with Crippen molar-refractivity contribution in [1.82, 2.24) is 5.32 Å². The number of ether oxygens (including phenoxy) is 2. The number of aromatic hydroxyl groups is 1. The van der Waals surface area contributed by atoms with Gasteiger partial charge in [0.2, 0.25) is 0 Å². The van der Waals surface area contributed by atoms with Crippen LogP contribution < -0.4 is 15.4 Å². The minimum Gasteiger partial charge on any atom is -0.508 e. The molecule has 0 heterocycles. The molecule has 0 bridgehead atoms. The number of carbonyl (C=O) groups is 2. The number of hydrogen-bond donors (Lipinski definition) is 3. The fraction of sp³-hybridized carbons (Fsp3) is 0.222. The molecule has 2 aromatic rings. The molecule has 3 N–H and O–H groups in total. The van der Waals surface area contributed by atoms with E-state index in [0.29, 0.717) is 23.6 Å². The SMILES string of the molecule is CCOC(=O)c1ccc(NC(=O)NC(C)Oc2ccc(O)cc2)cc1. The van der Waals surface area contributed by atoms with Gasteiger partial charge in [-0.15, -0.1) is 0 Å². The van der Waals surface area contributed by atoms with Crippen LogP contribution in [-0.4, -0.2) is 29.9 Å². The van der Waals surface area contributed by atoms with Crippen LogP contribution in [0.3, 0.4) is 0 Å². The number of nitrogens with one attached hydrogen (secondary N) is 2. The molecule has 0 aliphatic rings. The summed E-state index contributed by atoms with van der Waals surface area (Å²) in [4.78, 5) is 23.5. The highest BCUT2D eigenvalue weighted by molar-refractivity contribution is 5.92. The largest absolute Gasteiger partial charge is 0.508 e. The molecule has 0 saturated heterocycles.